The van der Waals surface area contributed by atoms with Crippen molar-refractivity contribution in [2.24, 2.45) is 0 Å². The van der Waals surface area contributed by atoms with E-state index in [1.807, 2.05) is 0 Å². The van der Waals surface area contributed by atoms with Gasteiger partial charge < -0.3 is 14.8 Å². The summed E-state index contributed by atoms with van der Waals surface area (Å²) in [4.78, 5) is 24.0. The maximum Gasteiger partial charge on any atom is 0.418 e. The Bertz CT molecular complexity index is 878. The van der Waals surface area contributed by atoms with Gasteiger partial charge in [-0.2, -0.15) is 13.2 Å². The van der Waals surface area contributed by atoms with Gasteiger partial charge in [0.1, 0.15) is 5.75 Å². The largest absolute Gasteiger partial charge is 0.497 e. The second kappa shape index (κ2) is 9.07. The molecule has 0 saturated heterocycles. The van der Waals surface area contributed by atoms with Gasteiger partial charge in [0, 0.05) is 6.08 Å². The molecule has 0 aliphatic carbocycles. The number of hydrogen-bond acceptors (Lipinski definition) is 4. The fourth-order valence-electron chi connectivity index (χ4n) is 2.25. The van der Waals surface area contributed by atoms with E-state index in [0.717, 1.165) is 18.2 Å². The highest BCUT2D eigenvalue weighted by molar-refractivity contribution is 5.97. The Morgan fingerprint density at radius 1 is 1.11 bits per heavy atom. The lowest BCUT2D eigenvalue weighted by Crippen LogP contribution is -2.30. The molecule has 2 aromatic rings. The second-order valence-electron chi connectivity index (χ2n) is 5.72. The first-order chi connectivity index (χ1) is 13.2. The van der Waals surface area contributed by atoms with Crippen LogP contribution in [-0.4, -0.2) is 25.1 Å². The number of methoxy groups -OCH3 is 1. The number of rotatable bonds is 6. The van der Waals surface area contributed by atoms with Crippen molar-refractivity contribution in [3.8, 4) is 5.75 Å². The molecule has 28 heavy (non-hydrogen) atoms. The standard InChI is InChI=1S/C20H18F3NO4/c1-13(19(26)24-17-9-4-3-8-16(17)20(21,22)23)28-18(25)11-10-14-6-5-7-15(12-14)27-2/h3-13H,1-2H3,(H,24,26)/b11-10+/t13-/m0/s1. The number of alkyl halides is 3. The summed E-state index contributed by atoms with van der Waals surface area (Å²) in [5, 5.41) is 2.13. The summed E-state index contributed by atoms with van der Waals surface area (Å²) >= 11 is 0. The number of amides is 1. The van der Waals surface area contributed by atoms with E-state index in [-0.39, 0.29) is 0 Å². The van der Waals surface area contributed by atoms with Gasteiger partial charge >= 0.3 is 12.1 Å². The summed E-state index contributed by atoms with van der Waals surface area (Å²) in [6, 6.07) is 11.4. The average molecular weight is 393 g/mol. The van der Waals surface area contributed by atoms with Crippen LogP contribution in [0.2, 0.25) is 0 Å². The molecular formula is C20H18F3NO4. The highest BCUT2D eigenvalue weighted by Gasteiger charge is 2.34. The number of carbonyl (C=O) groups excluding carboxylic acids is 2. The quantitative estimate of drug-likeness (QED) is 0.587. The molecule has 0 heterocycles. The fraction of sp³-hybridized carbons (Fsp3) is 0.200. The molecule has 8 heteroatoms. The van der Waals surface area contributed by atoms with Gasteiger partial charge in [-0.05, 0) is 42.8 Å². The van der Waals surface area contributed by atoms with E-state index in [1.54, 1.807) is 24.3 Å². The van der Waals surface area contributed by atoms with E-state index < -0.39 is 35.4 Å². The molecule has 1 amide bonds. The maximum absolute atomic E-state index is 13.0. The molecule has 0 fully saturated rings. The molecule has 148 valence electrons. The molecule has 0 unspecified atom stereocenters. The van der Waals surface area contributed by atoms with Gasteiger partial charge in [-0.15, -0.1) is 0 Å². The molecule has 0 aliphatic rings. The van der Waals surface area contributed by atoms with Crippen LogP contribution in [-0.2, 0) is 20.5 Å². The predicted octanol–water partition coefficient (Wildman–Crippen LogP) is 4.30. The summed E-state index contributed by atoms with van der Waals surface area (Å²) in [7, 11) is 1.51. The average Bonchev–Trinajstić information content (AvgIpc) is 2.66. The van der Waals surface area contributed by atoms with Crippen LogP contribution in [0.3, 0.4) is 0 Å². The highest BCUT2D eigenvalue weighted by atomic mass is 19.4. The monoisotopic (exact) mass is 393 g/mol. The number of halogens is 3. The fourth-order valence-corrected chi connectivity index (χ4v) is 2.25. The number of anilines is 1. The third-order valence-corrected chi connectivity index (χ3v) is 3.66. The molecule has 0 aromatic heterocycles. The van der Waals surface area contributed by atoms with Gasteiger partial charge in [-0.1, -0.05) is 24.3 Å². The van der Waals surface area contributed by atoms with Crippen molar-refractivity contribution >= 4 is 23.6 Å². The van der Waals surface area contributed by atoms with Crippen LogP contribution < -0.4 is 10.1 Å². The normalized spacial score (nSPS) is 12.5. The molecule has 0 aliphatic heterocycles. The number of esters is 1. The molecule has 5 nitrogen and oxygen atoms in total. The topological polar surface area (TPSA) is 64.6 Å². The summed E-state index contributed by atoms with van der Waals surface area (Å²) in [6.07, 6.45) is -3.33. The highest BCUT2D eigenvalue weighted by Crippen LogP contribution is 2.34. The minimum atomic E-state index is -4.62. The van der Waals surface area contributed by atoms with Crippen LogP contribution in [0.15, 0.2) is 54.6 Å². The lowest BCUT2D eigenvalue weighted by molar-refractivity contribution is -0.148. The SMILES string of the molecule is COc1cccc(/C=C/C(=O)O[C@@H](C)C(=O)Nc2ccccc2C(F)(F)F)c1. The Morgan fingerprint density at radius 2 is 1.82 bits per heavy atom. The van der Waals surface area contributed by atoms with E-state index in [9.17, 15) is 22.8 Å². The molecule has 2 rings (SSSR count). The zero-order valence-corrected chi connectivity index (χ0v) is 15.1. The number of benzene rings is 2. The zero-order valence-electron chi connectivity index (χ0n) is 15.1. The minimum Gasteiger partial charge on any atom is -0.497 e. The van der Waals surface area contributed by atoms with Gasteiger partial charge in [-0.3, -0.25) is 4.79 Å². The van der Waals surface area contributed by atoms with Crippen LogP contribution in [0, 0.1) is 0 Å². The van der Waals surface area contributed by atoms with E-state index in [0.29, 0.717) is 11.3 Å². The number of nitrogens with one attached hydrogen (secondary N) is 1. The second-order valence-corrected chi connectivity index (χ2v) is 5.72. The molecule has 0 radical (unpaired) electrons. The smallest absolute Gasteiger partial charge is 0.418 e. The van der Waals surface area contributed by atoms with Crippen molar-refractivity contribution in [2.75, 3.05) is 12.4 Å². The Morgan fingerprint density at radius 3 is 2.50 bits per heavy atom. The molecular weight excluding hydrogens is 375 g/mol. The molecule has 2 aromatic carbocycles. The third kappa shape index (κ3) is 5.87. The molecule has 1 atom stereocenters. The van der Waals surface area contributed by atoms with Crippen LogP contribution in [0.1, 0.15) is 18.1 Å². The lowest BCUT2D eigenvalue weighted by Gasteiger charge is -2.16. The summed E-state index contributed by atoms with van der Waals surface area (Å²) in [6.45, 7) is 1.27. The summed E-state index contributed by atoms with van der Waals surface area (Å²) in [5.41, 5.74) is -0.720. The number of carbonyl (C=O) groups is 2. The van der Waals surface area contributed by atoms with Crippen molar-refractivity contribution in [1.29, 1.82) is 0 Å². The maximum atomic E-state index is 13.0. The van der Waals surface area contributed by atoms with Crippen molar-refractivity contribution < 1.29 is 32.2 Å². The van der Waals surface area contributed by atoms with Crippen molar-refractivity contribution in [3.05, 3.63) is 65.7 Å². The number of ether oxygens (including phenoxy) is 2. The first-order valence-electron chi connectivity index (χ1n) is 8.20. The van der Waals surface area contributed by atoms with Crippen LogP contribution >= 0.6 is 0 Å². The van der Waals surface area contributed by atoms with Gasteiger partial charge in [0.15, 0.2) is 6.10 Å². The van der Waals surface area contributed by atoms with Crippen LogP contribution in [0.4, 0.5) is 18.9 Å². The van der Waals surface area contributed by atoms with Crippen LogP contribution in [0.5, 0.6) is 5.75 Å². The van der Waals surface area contributed by atoms with E-state index in [1.165, 1.54) is 32.2 Å². The van der Waals surface area contributed by atoms with Gasteiger partial charge in [0.2, 0.25) is 0 Å². The molecule has 0 saturated carbocycles. The summed E-state index contributed by atoms with van der Waals surface area (Å²) < 4.78 is 48.9. The van der Waals surface area contributed by atoms with E-state index in [2.05, 4.69) is 5.32 Å². The molecule has 1 N–H and O–H groups in total. The number of para-hydroxylation sites is 1. The first kappa shape index (κ1) is 21.0. The van der Waals surface area contributed by atoms with Gasteiger partial charge in [-0.25, -0.2) is 4.79 Å². The lowest BCUT2D eigenvalue weighted by atomic mass is 10.1. The van der Waals surface area contributed by atoms with Crippen LogP contribution in [0.25, 0.3) is 6.08 Å². The minimum absolute atomic E-state index is 0.408. The van der Waals surface area contributed by atoms with E-state index >= 15 is 0 Å². The van der Waals surface area contributed by atoms with E-state index in [4.69, 9.17) is 9.47 Å². The third-order valence-electron chi connectivity index (χ3n) is 3.66. The Balaban J connectivity index is 1.99. The van der Waals surface area contributed by atoms with Crippen molar-refractivity contribution in [1.82, 2.24) is 0 Å². The van der Waals surface area contributed by atoms with Gasteiger partial charge in [0.05, 0.1) is 18.4 Å². The first-order valence-corrected chi connectivity index (χ1v) is 8.20. The molecule has 0 bridgehead atoms. The van der Waals surface area contributed by atoms with Crippen molar-refractivity contribution in [3.63, 3.8) is 0 Å². The molecule has 0 spiro atoms. The summed E-state index contributed by atoms with van der Waals surface area (Å²) in [5.74, 6) is -1.08. The Kier molecular flexibility index (Phi) is 6.81. The van der Waals surface area contributed by atoms with Gasteiger partial charge in [0.25, 0.3) is 5.91 Å². The Hall–Kier alpha value is -3.29. The predicted molar refractivity (Wildman–Crippen MR) is 97.7 cm³/mol. The zero-order chi connectivity index (χ0) is 20.7. The number of hydrogen-bond donors (Lipinski definition) is 1. The van der Waals surface area contributed by atoms with Crippen molar-refractivity contribution in [2.45, 2.75) is 19.2 Å². The Labute approximate surface area is 159 Å².